The summed E-state index contributed by atoms with van der Waals surface area (Å²) in [5.41, 5.74) is 0.633. The van der Waals surface area contributed by atoms with E-state index in [0.29, 0.717) is 37.6 Å². The maximum Gasteiger partial charge on any atom is 0.232 e. The number of carbonyl (C=O) groups excluding carboxylic acids is 1. The van der Waals surface area contributed by atoms with Gasteiger partial charge >= 0.3 is 0 Å². The number of piperazine rings is 1. The molecule has 21 heavy (non-hydrogen) atoms. The van der Waals surface area contributed by atoms with Crippen LogP contribution in [0.4, 0.5) is 10.1 Å². The lowest BCUT2D eigenvalue weighted by Crippen LogP contribution is -2.49. The second kappa shape index (κ2) is 6.69. The lowest BCUT2D eigenvalue weighted by molar-refractivity contribution is -0.128. The first kappa shape index (κ1) is 16.1. The molecule has 0 N–H and O–H groups in total. The number of benzene rings is 1. The van der Waals surface area contributed by atoms with Crippen LogP contribution in [0.15, 0.2) is 24.3 Å². The first-order valence-electron chi connectivity index (χ1n) is 7.28. The third kappa shape index (κ3) is 4.63. The minimum Gasteiger partial charge on any atom is -0.366 e. The van der Waals surface area contributed by atoms with Gasteiger partial charge in [-0.05, 0) is 12.1 Å². The van der Waals surface area contributed by atoms with Gasteiger partial charge in [0.05, 0.1) is 11.4 Å². The van der Waals surface area contributed by atoms with Crippen molar-refractivity contribution >= 4 is 23.4 Å². The monoisotopic (exact) mass is 310 g/mol. The van der Waals surface area contributed by atoms with E-state index in [0.717, 1.165) is 0 Å². The van der Waals surface area contributed by atoms with Gasteiger partial charge in [-0.1, -0.05) is 32.9 Å². The summed E-state index contributed by atoms with van der Waals surface area (Å²) in [4.78, 5) is 16.1. The van der Waals surface area contributed by atoms with Gasteiger partial charge in [0.25, 0.3) is 0 Å². The molecule has 1 aromatic rings. The zero-order valence-corrected chi connectivity index (χ0v) is 13.8. The molecular weight excluding hydrogens is 287 g/mol. The Kier molecular flexibility index (Phi) is 5.14. The molecule has 2 rings (SSSR count). The van der Waals surface area contributed by atoms with Crippen LogP contribution in [0.1, 0.15) is 20.8 Å². The van der Waals surface area contributed by atoms with Gasteiger partial charge in [-0.3, -0.25) is 4.79 Å². The Morgan fingerprint density at radius 2 is 1.81 bits per heavy atom. The fraction of sp³-hybridized carbons (Fsp3) is 0.562. The van der Waals surface area contributed by atoms with Crippen molar-refractivity contribution in [3.05, 3.63) is 30.1 Å². The topological polar surface area (TPSA) is 23.6 Å². The number of para-hydroxylation sites is 1. The van der Waals surface area contributed by atoms with Crippen LogP contribution < -0.4 is 4.90 Å². The minimum absolute atomic E-state index is 0.102. The fourth-order valence-electron chi connectivity index (χ4n) is 2.27. The van der Waals surface area contributed by atoms with Crippen molar-refractivity contribution in [1.82, 2.24) is 4.90 Å². The first-order chi connectivity index (χ1) is 9.87. The molecule has 1 heterocycles. The van der Waals surface area contributed by atoms with Gasteiger partial charge < -0.3 is 9.80 Å². The van der Waals surface area contributed by atoms with E-state index >= 15 is 0 Å². The number of hydrogen-bond acceptors (Lipinski definition) is 3. The van der Waals surface area contributed by atoms with E-state index in [4.69, 9.17) is 0 Å². The van der Waals surface area contributed by atoms with Crippen molar-refractivity contribution in [3.8, 4) is 0 Å². The summed E-state index contributed by atoms with van der Waals surface area (Å²) in [5, 5.41) is 0. The highest BCUT2D eigenvalue weighted by Gasteiger charge is 2.23. The molecule has 1 aromatic carbocycles. The van der Waals surface area contributed by atoms with Gasteiger partial charge in [0.15, 0.2) is 0 Å². The Bertz CT molecular complexity index is 493. The number of hydrogen-bond donors (Lipinski definition) is 0. The Balaban J connectivity index is 1.86. The summed E-state index contributed by atoms with van der Waals surface area (Å²) in [6, 6.07) is 6.81. The molecule has 1 fully saturated rings. The molecule has 0 spiro atoms. The number of rotatable bonds is 3. The molecule has 0 aromatic heterocycles. The van der Waals surface area contributed by atoms with Crippen LogP contribution in [-0.2, 0) is 4.79 Å². The van der Waals surface area contributed by atoms with Gasteiger partial charge in [0.2, 0.25) is 5.91 Å². The molecule has 1 aliphatic rings. The van der Waals surface area contributed by atoms with Crippen LogP contribution in [0.2, 0.25) is 0 Å². The molecular formula is C16H23FN2OS. The molecule has 5 heteroatoms. The molecule has 116 valence electrons. The van der Waals surface area contributed by atoms with Gasteiger partial charge in [0, 0.05) is 30.9 Å². The van der Waals surface area contributed by atoms with Gasteiger partial charge in [-0.15, -0.1) is 11.8 Å². The van der Waals surface area contributed by atoms with E-state index in [2.05, 4.69) is 20.8 Å². The number of carbonyl (C=O) groups is 1. The molecule has 0 saturated carbocycles. The van der Waals surface area contributed by atoms with Crippen LogP contribution in [0.25, 0.3) is 0 Å². The number of halogens is 1. The highest BCUT2D eigenvalue weighted by Crippen LogP contribution is 2.24. The van der Waals surface area contributed by atoms with Gasteiger partial charge in [-0.25, -0.2) is 4.39 Å². The van der Waals surface area contributed by atoms with Crippen LogP contribution >= 0.6 is 11.8 Å². The largest absolute Gasteiger partial charge is 0.366 e. The summed E-state index contributed by atoms with van der Waals surface area (Å²) in [6.07, 6.45) is 0. The van der Waals surface area contributed by atoms with Crippen molar-refractivity contribution in [2.45, 2.75) is 25.5 Å². The van der Waals surface area contributed by atoms with E-state index < -0.39 is 0 Å². The van der Waals surface area contributed by atoms with Gasteiger partial charge in [0.1, 0.15) is 5.82 Å². The highest BCUT2D eigenvalue weighted by atomic mass is 32.2. The zero-order valence-electron chi connectivity index (χ0n) is 12.9. The quantitative estimate of drug-likeness (QED) is 0.857. The molecule has 0 bridgehead atoms. The van der Waals surface area contributed by atoms with Crippen LogP contribution in [0.5, 0.6) is 0 Å². The Labute approximate surface area is 130 Å². The van der Waals surface area contributed by atoms with E-state index in [1.54, 1.807) is 23.9 Å². The second-order valence-corrected chi connectivity index (χ2v) is 8.02. The Morgan fingerprint density at radius 3 is 2.38 bits per heavy atom. The number of anilines is 1. The maximum absolute atomic E-state index is 13.8. The van der Waals surface area contributed by atoms with E-state index in [1.807, 2.05) is 15.9 Å². The molecule has 3 nitrogen and oxygen atoms in total. The van der Waals surface area contributed by atoms with Crippen molar-refractivity contribution in [2.24, 2.45) is 0 Å². The fourth-order valence-corrected chi connectivity index (χ4v) is 3.01. The standard InChI is InChI=1S/C16H23FN2OS/c1-16(2,3)21-12-15(20)19-10-8-18(9-11-19)14-7-5-4-6-13(14)17/h4-7H,8-12H2,1-3H3. The summed E-state index contributed by atoms with van der Waals surface area (Å²) in [7, 11) is 0. The first-order valence-corrected chi connectivity index (χ1v) is 8.26. The van der Waals surface area contributed by atoms with Crippen molar-refractivity contribution in [1.29, 1.82) is 0 Å². The molecule has 0 aliphatic carbocycles. The second-order valence-electron chi connectivity index (χ2n) is 6.22. The highest BCUT2D eigenvalue weighted by molar-refractivity contribution is 8.01. The molecule has 1 amide bonds. The molecule has 0 atom stereocenters. The number of nitrogens with zero attached hydrogens (tertiary/aromatic N) is 2. The molecule has 1 saturated heterocycles. The molecule has 0 radical (unpaired) electrons. The minimum atomic E-state index is -0.194. The van der Waals surface area contributed by atoms with E-state index in [-0.39, 0.29) is 16.5 Å². The van der Waals surface area contributed by atoms with E-state index in [1.165, 1.54) is 6.07 Å². The van der Waals surface area contributed by atoms with Crippen molar-refractivity contribution < 1.29 is 9.18 Å². The Morgan fingerprint density at radius 1 is 1.19 bits per heavy atom. The van der Waals surface area contributed by atoms with E-state index in [9.17, 15) is 9.18 Å². The third-order valence-electron chi connectivity index (χ3n) is 3.45. The maximum atomic E-state index is 13.8. The average Bonchev–Trinajstić information content (AvgIpc) is 2.45. The summed E-state index contributed by atoms with van der Waals surface area (Å²) in [5.74, 6) is 0.507. The third-order valence-corrected chi connectivity index (χ3v) is 4.71. The predicted molar refractivity (Wildman–Crippen MR) is 87.4 cm³/mol. The zero-order chi connectivity index (χ0) is 15.5. The summed E-state index contributed by atoms with van der Waals surface area (Å²) < 4.78 is 13.9. The van der Waals surface area contributed by atoms with Crippen molar-refractivity contribution in [3.63, 3.8) is 0 Å². The van der Waals surface area contributed by atoms with Crippen molar-refractivity contribution in [2.75, 3.05) is 36.8 Å². The summed E-state index contributed by atoms with van der Waals surface area (Å²) in [6.45, 7) is 9.04. The molecule has 0 unspecified atom stereocenters. The number of thioether (sulfide) groups is 1. The SMILES string of the molecule is CC(C)(C)SCC(=O)N1CCN(c2ccccc2F)CC1. The average molecular weight is 310 g/mol. The predicted octanol–water partition coefficient (Wildman–Crippen LogP) is 3.01. The Hall–Kier alpha value is -1.23. The van der Waals surface area contributed by atoms with Crippen LogP contribution in [-0.4, -0.2) is 47.5 Å². The lowest BCUT2D eigenvalue weighted by Gasteiger charge is -2.36. The van der Waals surface area contributed by atoms with Crippen LogP contribution in [0.3, 0.4) is 0 Å². The summed E-state index contributed by atoms with van der Waals surface area (Å²) >= 11 is 1.67. The lowest BCUT2D eigenvalue weighted by atomic mass is 10.2. The smallest absolute Gasteiger partial charge is 0.232 e. The number of amides is 1. The van der Waals surface area contributed by atoms with Crippen LogP contribution in [0, 0.1) is 5.82 Å². The van der Waals surface area contributed by atoms with Gasteiger partial charge in [-0.2, -0.15) is 0 Å². The molecule has 1 aliphatic heterocycles. The normalized spacial score (nSPS) is 16.2.